The maximum absolute atomic E-state index is 12.1. The molecular weight excluding hydrogens is 342 g/mol. The van der Waals surface area contributed by atoms with Gasteiger partial charge in [0.25, 0.3) is 5.91 Å². The van der Waals surface area contributed by atoms with E-state index in [-0.39, 0.29) is 18.2 Å². The first-order valence-electron chi connectivity index (χ1n) is 8.65. The van der Waals surface area contributed by atoms with Gasteiger partial charge in [-0.3, -0.25) is 25.4 Å². The molecule has 27 heavy (non-hydrogen) atoms. The van der Waals surface area contributed by atoms with Crippen LogP contribution in [0.4, 0.5) is 0 Å². The summed E-state index contributed by atoms with van der Waals surface area (Å²) in [7, 11) is 0. The number of amides is 2. The monoisotopic (exact) mass is 363 g/mol. The fraction of sp³-hybridized carbons (Fsp3) is 0.200. The van der Waals surface area contributed by atoms with Crippen molar-refractivity contribution in [2.75, 3.05) is 0 Å². The van der Waals surface area contributed by atoms with Crippen molar-refractivity contribution in [2.24, 2.45) is 10.1 Å². The van der Waals surface area contributed by atoms with Gasteiger partial charge in [0, 0.05) is 6.42 Å². The molecule has 0 spiro atoms. The van der Waals surface area contributed by atoms with Crippen molar-refractivity contribution in [1.82, 2.24) is 16.3 Å². The molecule has 3 N–H and O–H groups in total. The number of nitrogens with one attached hydrogen (secondary N) is 3. The molecule has 138 valence electrons. The molecule has 1 aliphatic heterocycles. The van der Waals surface area contributed by atoms with Crippen LogP contribution in [0.2, 0.25) is 0 Å². The van der Waals surface area contributed by atoms with Crippen LogP contribution in [0.5, 0.6) is 0 Å². The van der Waals surface area contributed by atoms with Crippen molar-refractivity contribution in [2.45, 2.75) is 25.8 Å². The molecule has 1 unspecified atom stereocenters. The summed E-state index contributed by atoms with van der Waals surface area (Å²) in [6.45, 7) is 2.00. The maximum Gasteiger partial charge on any atom is 0.263 e. The molecule has 0 radical (unpaired) electrons. The molecule has 2 amide bonds. The van der Waals surface area contributed by atoms with Crippen LogP contribution in [0.25, 0.3) is 0 Å². The molecule has 0 fully saturated rings. The molecule has 2 aromatic rings. The number of aliphatic imine (C=N–C) groups is 1. The third-order valence-electron chi connectivity index (χ3n) is 4.02. The van der Waals surface area contributed by atoms with Gasteiger partial charge in [-0.15, -0.1) is 0 Å². The zero-order valence-electron chi connectivity index (χ0n) is 15.0. The van der Waals surface area contributed by atoms with Crippen LogP contribution in [-0.4, -0.2) is 29.9 Å². The molecule has 7 heteroatoms. The van der Waals surface area contributed by atoms with Crippen LogP contribution >= 0.6 is 0 Å². The van der Waals surface area contributed by atoms with Crippen LogP contribution in [0.3, 0.4) is 0 Å². The molecule has 0 saturated heterocycles. The van der Waals surface area contributed by atoms with E-state index in [9.17, 15) is 9.59 Å². The number of amidine groups is 1. The van der Waals surface area contributed by atoms with Crippen molar-refractivity contribution in [1.29, 1.82) is 0 Å². The molecule has 7 nitrogen and oxygen atoms in total. The molecule has 0 bridgehead atoms. The SMILES string of the molecule is Cc1ccc(C=NNC(=O)CC2N=C(Cc3ccccc3)NNC2=O)cc1. The number of carbonyl (C=O) groups excluding carboxylic acids is 2. The van der Waals surface area contributed by atoms with Gasteiger partial charge in [-0.25, -0.2) is 5.43 Å². The normalized spacial score (nSPS) is 16.4. The Morgan fingerprint density at radius 2 is 1.89 bits per heavy atom. The summed E-state index contributed by atoms with van der Waals surface area (Å²) in [5.74, 6) is -0.102. The number of nitrogens with zero attached hydrogens (tertiary/aromatic N) is 2. The molecule has 0 aromatic heterocycles. The number of carbonyl (C=O) groups is 2. The van der Waals surface area contributed by atoms with Crippen LogP contribution in [0, 0.1) is 6.92 Å². The summed E-state index contributed by atoms with van der Waals surface area (Å²) in [4.78, 5) is 28.4. The second-order valence-corrected chi connectivity index (χ2v) is 6.28. The summed E-state index contributed by atoms with van der Waals surface area (Å²) < 4.78 is 0. The molecule has 2 aromatic carbocycles. The summed E-state index contributed by atoms with van der Waals surface area (Å²) in [6.07, 6.45) is 2.03. The van der Waals surface area contributed by atoms with E-state index in [1.165, 1.54) is 0 Å². The number of rotatable bonds is 6. The third kappa shape index (κ3) is 5.50. The lowest BCUT2D eigenvalue weighted by Crippen LogP contribution is -2.52. The maximum atomic E-state index is 12.1. The molecule has 1 heterocycles. The van der Waals surface area contributed by atoms with Crippen LogP contribution in [-0.2, 0) is 16.0 Å². The van der Waals surface area contributed by atoms with Crippen LogP contribution < -0.4 is 16.3 Å². The summed E-state index contributed by atoms with van der Waals surface area (Å²) in [5.41, 5.74) is 10.9. The fourth-order valence-corrected chi connectivity index (χ4v) is 2.57. The molecule has 0 aliphatic carbocycles. The molecule has 1 aliphatic rings. The Morgan fingerprint density at radius 1 is 1.15 bits per heavy atom. The Labute approximate surface area is 157 Å². The zero-order valence-corrected chi connectivity index (χ0v) is 15.0. The molecule has 0 saturated carbocycles. The fourth-order valence-electron chi connectivity index (χ4n) is 2.57. The smallest absolute Gasteiger partial charge is 0.263 e. The van der Waals surface area contributed by atoms with Gasteiger partial charge >= 0.3 is 0 Å². The Morgan fingerprint density at radius 3 is 2.63 bits per heavy atom. The average molecular weight is 363 g/mol. The lowest BCUT2D eigenvalue weighted by molar-refractivity contribution is -0.128. The number of aryl methyl sites for hydroxylation is 1. The van der Waals surface area contributed by atoms with E-state index in [0.717, 1.165) is 16.7 Å². The van der Waals surface area contributed by atoms with Gasteiger partial charge < -0.3 is 0 Å². The minimum atomic E-state index is -0.778. The van der Waals surface area contributed by atoms with E-state index in [2.05, 4.69) is 26.4 Å². The van der Waals surface area contributed by atoms with Gasteiger partial charge in [0.15, 0.2) is 0 Å². The van der Waals surface area contributed by atoms with Crippen molar-refractivity contribution >= 4 is 23.9 Å². The van der Waals surface area contributed by atoms with E-state index in [1.807, 2.05) is 61.5 Å². The summed E-state index contributed by atoms with van der Waals surface area (Å²) in [6, 6.07) is 16.7. The van der Waals surface area contributed by atoms with Crippen LogP contribution in [0.15, 0.2) is 64.7 Å². The number of hydrazine groups is 1. The standard InChI is InChI=1S/C20H21N5O2/c1-14-7-9-16(10-8-14)13-21-24-19(26)12-17-20(27)25-23-18(22-17)11-15-5-3-2-4-6-15/h2-10,13,17H,11-12H2,1H3,(H,22,23)(H,24,26)(H,25,27). The highest BCUT2D eigenvalue weighted by Crippen LogP contribution is 2.07. The van der Waals surface area contributed by atoms with Crippen molar-refractivity contribution in [3.8, 4) is 0 Å². The first-order valence-corrected chi connectivity index (χ1v) is 8.65. The number of benzene rings is 2. The predicted octanol–water partition coefficient (Wildman–Crippen LogP) is 1.48. The highest BCUT2D eigenvalue weighted by atomic mass is 16.2. The number of hydrogen-bond donors (Lipinski definition) is 3. The minimum Gasteiger partial charge on any atom is -0.285 e. The van der Waals surface area contributed by atoms with E-state index < -0.39 is 6.04 Å². The van der Waals surface area contributed by atoms with E-state index in [0.29, 0.717) is 12.3 Å². The topological polar surface area (TPSA) is 94.9 Å². The van der Waals surface area contributed by atoms with Gasteiger partial charge in [-0.1, -0.05) is 60.2 Å². The van der Waals surface area contributed by atoms with E-state index >= 15 is 0 Å². The Kier molecular flexibility index (Phi) is 5.94. The first-order chi connectivity index (χ1) is 13.1. The van der Waals surface area contributed by atoms with Gasteiger partial charge in [-0.05, 0) is 18.1 Å². The van der Waals surface area contributed by atoms with Crippen molar-refractivity contribution in [3.05, 3.63) is 71.3 Å². The highest BCUT2D eigenvalue weighted by Gasteiger charge is 2.25. The summed E-state index contributed by atoms with van der Waals surface area (Å²) in [5, 5.41) is 3.93. The van der Waals surface area contributed by atoms with Crippen molar-refractivity contribution < 1.29 is 9.59 Å². The van der Waals surface area contributed by atoms with E-state index in [4.69, 9.17) is 0 Å². The second kappa shape index (κ2) is 8.75. The molecule has 3 rings (SSSR count). The Balaban J connectivity index is 1.56. The van der Waals surface area contributed by atoms with Gasteiger partial charge in [-0.2, -0.15) is 5.10 Å². The van der Waals surface area contributed by atoms with Crippen LogP contribution in [0.1, 0.15) is 23.1 Å². The summed E-state index contributed by atoms with van der Waals surface area (Å²) >= 11 is 0. The first kappa shape index (κ1) is 18.3. The molecule has 1 atom stereocenters. The highest BCUT2D eigenvalue weighted by molar-refractivity contribution is 5.96. The van der Waals surface area contributed by atoms with Gasteiger partial charge in [0.1, 0.15) is 11.9 Å². The Hall–Kier alpha value is -3.48. The average Bonchev–Trinajstić information content (AvgIpc) is 2.67. The third-order valence-corrected chi connectivity index (χ3v) is 4.02. The predicted molar refractivity (Wildman–Crippen MR) is 104 cm³/mol. The largest absolute Gasteiger partial charge is 0.285 e. The van der Waals surface area contributed by atoms with Gasteiger partial charge in [0.05, 0.1) is 12.6 Å². The minimum absolute atomic E-state index is 0.0724. The number of hydrazone groups is 1. The van der Waals surface area contributed by atoms with Gasteiger partial charge in [0.2, 0.25) is 5.91 Å². The lowest BCUT2D eigenvalue weighted by atomic mass is 10.1. The number of hydrogen-bond acceptors (Lipinski definition) is 5. The van der Waals surface area contributed by atoms with E-state index in [1.54, 1.807) is 6.21 Å². The second-order valence-electron chi connectivity index (χ2n) is 6.28. The molecular formula is C20H21N5O2. The lowest BCUT2D eigenvalue weighted by Gasteiger charge is -2.21. The van der Waals surface area contributed by atoms with Crippen molar-refractivity contribution in [3.63, 3.8) is 0 Å². The Bertz CT molecular complexity index is 860. The zero-order chi connectivity index (χ0) is 19.1. The quantitative estimate of drug-likeness (QED) is 0.536.